The average Bonchev–Trinajstić information content (AvgIpc) is 2.85. The zero-order chi connectivity index (χ0) is 16.3. The third-order valence-electron chi connectivity index (χ3n) is 4.71. The van der Waals surface area contributed by atoms with Gasteiger partial charge in [-0.2, -0.15) is 0 Å². The number of nitrogens with one attached hydrogen (secondary N) is 1. The molecule has 4 atom stereocenters. The van der Waals surface area contributed by atoms with E-state index >= 15 is 0 Å². The molecule has 0 saturated carbocycles. The minimum Gasteiger partial charge on any atom is -0.495 e. The normalized spacial score (nSPS) is 24.8. The van der Waals surface area contributed by atoms with Crippen molar-refractivity contribution in [2.24, 2.45) is 0 Å². The summed E-state index contributed by atoms with van der Waals surface area (Å²) < 4.78 is 5.32. The van der Waals surface area contributed by atoms with E-state index in [4.69, 9.17) is 4.74 Å². The van der Waals surface area contributed by atoms with Crippen LogP contribution in [0, 0.1) is 0 Å². The molecule has 1 N–H and O–H groups in total. The van der Waals surface area contributed by atoms with Gasteiger partial charge in [0.25, 0.3) is 0 Å². The quantitative estimate of drug-likeness (QED) is 0.908. The van der Waals surface area contributed by atoms with Gasteiger partial charge < -0.3 is 10.1 Å². The van der Waals surface area contributed by atoms with Crippen LogP contribution in [0.4, 0.5) is 0 Å². The first-order valence-corrected chi connectivity index (χ1v) is 8.01. The zero-order valence-electron chi connectivity index (χ0n) is 14.2. The summed E-state index contributed by atoms with van der Waals surface area (Å²) in [4.78, 5) is 19.0. The first kappa shape index (κ1) is 16.7. The second-order valence-electron chi connectivity index (χ2n) is 6.25. The van der Waals surface area contributed by atoms with Crippen molar-refractivity contribution in [1.29, 1.82) is 0 Å². The molecule has 2 heterocycles. The number of hydrogen-bond donors (Lipinski definition) is 1. The molecule has 5 heteroatoms. The van der Waals surface area contributed by atoms with Gasteiger partial charge in [0.2, 0.25) is 5.91 Å². The number of amides is 1. The molecule has 1 aromatic heterocycles. The van der Waals surface area contributed by atoms with Crippen LogP contribution in [0.25, 0.3) is 0 Å². The number of ether oxygens (including phenoxy) is 1. The molecule has 1 aromatic rings. The molecule has 1 saturated heterocycles. The molecule has 1 fully saturated rings. The summed E-state index contributed by atoms with van der Waals surface area (Å²) in [6, 6.07) is 2.57. The van der Waals surface area contributed by atoms with E-state index in [1.54, 1.807) is 19.5 Å². The number of likely N-dealkylation sites (tertiary alicyclic amines) is 1. The lowest BCUT2D eigenvalue weighted by Gasteiger charge is -2.32. The second kappa shape index (κ2) is 7.09. The summed E-state index contributed by atoms with van der Waals surface area (Å²) in [5.41, 5.74) is 0.945. The van der Waals surface area contributed by atoms with Gasteiger partial charge in [-0.15, -0.1) is 0 Å². The topological polar surface area (TPSA) is 54.5 Å². The lowest BCUT2D eigenvalue weighted by molar-refractivity contribution is -0.127. The van der Waals surface area contributed by atoms with E-state index in [0.29, 0.717) is 17.8 Å². The minimum absolute atomic E-state index is 0.0620. The van der Waals surface area contributed by atoms with Crippen LogP contribution >= 0.6 is 0 Å². The van der Waals surface area contributed by atoms with Crippen LogP contribution in [0.2, 0.25) is 0 Å². The third kappa shape index (κ3) is 3.40. The predicted molar refractivity (Wildman–Crippen MR) is 86.8 cm³/mol. The molecule has 0 aromatic carbocycles. The van der Waals surface area contributed by atoms with Crippen LogP contribution in [-0.4, -0.2) is 41.0 Å². The molecule has 0 aliphatic carbocycles. The van der Waals surface area contributed by atoms with Crippen molar-refractivity contribution < 1.29 is 9.53 Å². The smallest absolute Gasteiger partial charge is 0.237 e. The Bertz CT molecular complexity index is 510. The highest BCUT2D eigenvalue weighted by atomic mass is 16.5. The van der Waals surface area contributed by atoms with Crippen molar-refractivity contribution >= 4 is 5.91 Å². The Morgan fingerprint density at radius 2 is 2.00 bits per heavy atom. The molecule has 22 heavy (non-hydrogen) atoms. The fraction of sp³-hybridized carbons (Fsp3) is 0.647. The molecule has 1 aliphatic heterocycles. The molecule has 0 bridgehead atoms. The zero-order valence-corrected chi connectivity index (χ0v) is 14.2. The van der Waals surface area contributed by atoms with Gasteiger partial charge in [0.15, 0.2) is 0 Å². The summed E-state index contributed by atoms with van der Waals surface area (Å²) >= 11 is 0. The van der Waals surface area contributed by atoms with E-state index in [9.17, 15) is 4.79 Å². The van der Waals surface area contributed by atoms with E-state index in [2.05, 4.69) is 29.0 Å². The Hall–Kier alpha value is -1.62. The van der Waals surface area contributed by atoms with Gasteiger partial charge in [-0.25, -0.2) is 0 Å². The number of pyridine rings is 1. The van der Waals surface area contributed by atoms with Crippen LogP contribution in [0.15, 0.2) is 18.5 Å². The molecular formula is C17H27N3O2. The molecule has 0 radical (unpaired) electrons. The molecule has 1 aliphatic rings. The Morgan fingerprint density at radius 3 is 2.59 bits per heavy atom. The highest BCUT2D eigenvalue weighted by molar-refractivity contribution is 5.82. The van der Waals surface area contributed by atoms with Crippen molar-refractivity contribution in [3.8, 4) is 5.75 Å². The van der Waals surface area contributed by atoms with Gasteiger partial charge in [-0.05, 0) is 46.6 Å². The summed E-state index contributed by atoms with van der Waals surface area (Å²) in [7, 11) is 1.62. The van der Waals surface area contributed by atoms with Crippen molar-refractivity contribution in [2.45, 2.75) is 64.7 Å². The highest BCUT2D eigenvalue weighted by Crippen LogP contribution is 2.27. The molecule has 1 amide bonds. The third-order valence-corrected chi connectivity index (χ3v) is 4.71. The minimum atomic E-state index is -0.122. The summed E-state index contributed by atoms with van der Waals surface area (Å²) in [6.07, 6.45) is 5.71. The maximum absolute atomic E-state index is 12.6. The predicted octanol–water partition coefficient (Wildman–Crippen LogP) is 2.53. The standard InChI is InChI=1S/C17H27N3O2/c1-11-6-7-12(2)20(11)14(4)17(21)19-13(3)15-8-9-18-10-16(15)22-5/h8-14H,6-7H2,1-5H3,(H,19,21)/t11-,12+,13-,14-/m0/s1. The SMILES string of the molecule is COc1cnccc1[C@H](C)NC(=O)[C@H](C)N1[C@H](C)CC[C@@H]1C. The van der Waals surface area contributed by atoms with Gasteiger partial charge in [0.05, 0.1) is 25.4 Å². The van der Waals surface area contributed by atoms with Crippen LogP contribution < -0.4 is 10.1 Å². The van der Waals surface area contributed by atoms with Crippen molar-refractivity contribution in [1.82, 2.24) is 15.2 Å². The number of methoxy groups -OCH3 is 1. The van der Waals surface area contributed by atoms with Crippen LogP contribution in [0.3, 0.4) is 0 Å². The summed E-state index contributed by atoms with van der Waals surface area (Å²) in [5, 5.41) is 3.10. The Kier molecular flexibility index (Phi) is 5.40. The first-order valence-electron chi connectivity index (χ1n) is 8.01. The van der Waals surface area contributed by atoms with Crippen molar-refractivity contribution in [3.05, 3.63) is 24.0 Å². The Balaban J connectivity index is 2.04. The van der Waals surface area contributed by atoms with E-state index in [1.165, 1.54) is 0 Å². The fourth-order valence-electron chi connectivity index (χ4n) is 3.44. The number of carbonyl (C=O) groups excluding carboxylic acids is 1. The summed E-state index contributed by atoms with van der Waals surface area (Å²) in [6.45, 7) is 8.36. The van der Waals surface area contributed by atoms with E-state index in [1.807, 2.05) is 19.9 Å². The highest BCUT2D eigenvalue weighted by Gasteiger charge is 2.34. The Labute approximate surface area is 133 Å². The second-order valence-corrected chi connectivity index (χ2v) is 6.25. The van der Waals surface area contributed by atoms with Gasteiger partial charge in [0.1, 0.15) is 5.75 Å². The number of hydrogen-bond acceptors (Lipinski definition) is 4. The van der Waals surface area contributed by atoms with E-state index < -0.39 is 0 Å². The number of aromatic nitrogens is 1. The Morgan fingerprint density at radius 1 is 1.36 bits per heavy atom. The molecular weight excluding hydrogens is 278 g/mol. The van der Waals surface area contributed by atoms with Crippen LogP contribution in [0.5, 0.6) is 5.75 Å². The number of rotatable bonds is 5. The van der Waals surface area contributed by atoms with Crippen LogP contribution in [-0.2, 0) is 4.79 Å². The largest absolute Gasteiger partial charge is 0.495 e. The van der Waals surface area contributed by atoms with E-state index in [-0.39, 0.29) is 18.0 Å². The first-order chi connectivity index (χ1) is 10.5. The number of carbonyl (C=O) groups is 1. The van der Waals surface area contributed by atoms with Gasteiger partial charge in [0, 0.05) is 23.8 Å². The summed E-state index contributed by atoms with van der Waals surface area (Å²) in [5.74, 6) is 0.762. The van der Waals surface area contributed by atoms with Crippen molar-refractivity contribution in [3.63, 3.8) is 0 Å². The fourth-order valence-corrected chi connectivity index (χ4v) is 3.44. The van der Waals surface area contributed by atoms with Gasteiger partial charge in [-0.3, -0.25) is 14.7 Å². The number of nitrogens with zero attached hydrogens (tertiary/aromatic N) is 2. The maximum atomic E-state index is 12.6. The molecule has 2 rings (SSSR count). The maximum Gasteiger partial charge on any atom is 0.237 e. The monoisotopic (exact) mass is 305 g/mol. The molecule has 5 nitrogen and oxygen atoms in total. The lowest BCUT2D eigenvalue weighted by atomic mass is 10.1. The molecule has 122 valence electrons. The van der Waals surface area contributed by atoms with E-state index in [0.717, 1.165) is 18.4 Å². The van der Waals surface area contributed by atoms with Crippen LogP contribution in [0.1, 0.15) is 52.1 Å². The van der Waals surface area contributed by atoms with Gasteiger partial charge in [-0.1, -0.05) is 0 Å². The average molecular weight is 305 g/mol. The van der Waals surface area contributed by atoms with Crippen molar-refractivity contribution in [2.75, 3.05) is 7.11 Å². The molecule has 0 spiro atoms. The van der Waals surface area contributed by atoms with Gasteiger partial charge >= 0.3 is 0 Å². The molecule has 0 unspecified atom stereocenters. The lowest BCUT2D eigenvalue weighted by Crippen LogP contribution is -2.49.